The molecule has 1 unspecified atom stereocenters. The molecule has 3 nitrogen and oxygen atoms in total. The Kier molecular flexibility index (Phi) is 2.52. The van der Waals surface area contributed by atoms with Gasteiger partial charge in [-0.05, 0) is 34.5 Å². The summed E-state index contributed by atoms with van der Waals surface area (Å²) in [6.45, 7) is 1.69. The van der Waals surface area contributed by atoms with Crippen molar-refractivity contribution in [2.45, 2.75) is 12.8 Å². The molecular weight excluding hydrogens is 258 g/mol. The molecule has 2 N–H and O–H groups in total. The number of H-pyrrole nitrogens is 1. The third kappa shape index (κ3) is 1.65. The lowest BCUT2D eigenvalue weighted by molar-refractivity contribution is -0.138. The number of aliphatic carboxylic acids is 1. The van der Waals surface area contributed by atoms with E-state index in [4.69, 9.17) is 5.11 Å². The minimum absolute atomic E-state index is 0.493. The summed E-state index contributed by atoms with van der Waals surface area (Å²) in [7, 11) is 0. The number of para-hydroxylation sites is 1. The molecule has 0 spiro atoms. The molecule has 0 aliphatic heterocycles. The number of aromatic nitrogens is 1. The van der Waals surface area contributed by atoms with Gasteiger partial charge in [0, 0.05) is 16.1 Å². The first-order valence-electron chi connectivity index (χ1n) is 4.59. The summed E-state index contributed by atoms with van der Waals surface area (Å²) in [6, 6.07) is 5.75. The predicted octanol–water partition coefficient (Wildman–Crippen LogP) is 3.12. The molecule has 1 atom stereocenters. The van der Waals surface area contributed by atoms with Crippen LogP contribution in [-0.2, 0) is 4.79 Å². The van der Waals surface area contributed by atoms with Crippen LogP contribution in [-0.4, -0.2) is 16.1 Å². The highest BCUT2D eigenvalue weighted by atomic mass is 79.9. The molecule has 0 aliphatic carbocycles. The number of aromatic amines is 1. The standard InChI is InChI=1S/C11H10BrNO2/c1-6(11(14)15)8-5-13-10-7(8)3-2-4-9(10)12/h2-6,13H,1H3,(H,14,15). The third-order valence-electron chi connectivity index (χ3n) is 2.53. The van der Waals surface area contributed by atoms with Crippen LogP contribution in [0.1, 0.15) is 18.4 Å². The number of carboxylic acid groups (broad SMARTS) is 1. The maximum atomic E-state index is 10.9. The molecule has 0 aliphatic rings. The number of halogens is 1. The van der Waals surface area contributed by atoms with Crippen LogP contribution in [0, 0.1) is 0 Å². The van der Waals surface area contributed by atoms with E-state index < -0.39 is 11.9 Å². The van der Waals surface area contributed by atoms with E-state index in [2.05, 4.69) is 20.9 Å². The molecule has 1 heterocycles. The number of fused-ring (bicyclic) bond motifs is 1. The van der Waals surface area contributed by atoms with Gasteiger partial charge < -0.3 is 10.1 Å². The summed E-state index contributed by atoms with van der Waals surface area (Å²) in [4.78, 5) is 14.0. The van der Waals surface area contributed by atoms with Crippen LogP contribution in [0.5, 0.6) is 0 Å². The highest BCUT2D eigenvalue weighted by Gasteiger charge is 2.17. The minimum atomic E-state index is -0.809. The molecule has 2 aromatic rings. The zero-order chi connectivity index (χ0) is 11.0. The zero-order valence-electron chi connectivity index (χ0n) is 8.12. The van der Waals surface area contributed by atoms with Crippen LogP contribution in [0.4, 0.5) is 0 Å². The average molecular weight is 268 g/mol. The molecule has 15 heavy (non-hydrogen) atoms. The second-order valence-electron chi connectivity index (χ2n) is 3.47. The van der Waals surface area contributed by atoms with Crippen LogP contribution in [0.25, 0.3) is 10.9 Å². The first kappa shape index (κ1) is 10.2. The quantitative estimate of drug-likeness (QED) is 0.879. The van der Waals surface area contributed by atoms with Gasteiger partial charge >= 0.3 is 5.97 Å². The lowest BCUT2D eigenvalue weighted by atomic mass is 10.0. The Bertz CT molecular complexity index is 518. The molecule has 2 rings (SSSR count). The Hall–Kier alpha value is -1.29. The van der Waals surface area contributed by atoms with Crippen molar-refractivity contribution in [3.05, 3.63) is 34.4 Å². The molecular formula is C11H10BrNO2. The van der Waals surface area contributed by atoms with Crippen LogP contribution < -0.4 is 0 Å². The Labute approximate surface area is 95.2 Å². The van der Waals surface area contributed by atoms with E-state index in [1.54, 1.807) is 13.1 Å². The fraction of sp³-hybridized carbons (Fsp3) is 0.182. The van der Waals surface area contributed by atoms with Gasteiger partial charge in [-0.1, -0.05) is 12.1 Å². The van der Waals surface area contributed by atoms with E-state index in [9.17, 15) is 4.79 Å². The van der Waals surface area contributed by atoms with Gasteiger partial charge in [-0.2, -0.15) is 0 Å². The van der Waals surface area contributed by atoms with Crippen LogP contribution in [0.15, 0.2) is 28.9 Å². The first-order valence-corrected chi connectivity index (χ1v) is 5.39. The van der Waals surface area contributed by atoms with Crippen molar-refractivity contribution in [3.63, 3.8) is 0 Å². The van der Waals surface area contributed by atoms with Crippen molar-refractivity contribution in [1.29, 1.82) is 0 Å². The molecule has 0 saturated carbocycles. The zero-order valence-corrected chi connectivity index (χ0v) is 9.71. The van der Waals surface area contributed by atoms with Crippen molar-refractivity contribution in [1.82, 2.24) is 4.98 Å². The second kappa shape index (κ2) is 3.70. The minimum Gasteiger partial charge on any atom is -0.481 e. The lowest BCUT2D eigenvalue weighted by Crippen LogP contribution is -2.06. The fourth-order valence-electron chi connectivity index (χ4n) is 1.63. The van der Waals surface area contributed by atoms with E-state index in [0.29, 0.717) is 0 Å². The molecule has 0 fully saturated rings. The first-order chi connectivity index (χ1) is 7.11. The Morgan fingerprint density at radius 3 is 2.93 bits per heavy atom. The lowest BCUT2D eigenvalue weighted by Gasteiger charge is -2.03. The van der Waals surface area contributed by atoms with Gasteiger partial charge in [-0.3, -0.25) is 4.79 Å². The molecule has 0 saturated heterocycles. The van der Waals surface area contributed by atoms with E-state index in [0.717, 1.165) is 20.9 Å². The van der Waals surface area contributed by atoms with Gasteiger partial charge in [0.25, 0.3) is 0 Å². The average Bonchev–Trinajstić information content (AvgIpc) is 2.61. The van der Waals surface area contributed by atoms with Crippen LogP contribution >= 0.6 is 15.9 Å². The molecule has 4 heteroatoms. The van der Waals surface area contributed by atoms with Gasteiger partial charge in [0.05, 0.1) is 11.4 Å². The van der Waals surface area contributed by atoms with Gasteiger partial charge in [-0.25, -0.2) is 0 Å². The molecule has 1 aromatic carbocycles. The molecule has 0 amide bonds. The molecule has 0 bridgehead atoms. The number of rotatable bonds is 2. The number of hydrogen-bond donors (Lipinski definition) is 2. The largest absolute Gasteiger partial charge is 0.481 e. The maximum Gasteiger partial charge on any atom is 0.310 e. The van der Waals surface area contributed by atoms with Crippen molar-refractivity contribution < 1.29 is 9.90 Å². The van der Waals surface area contributed by atoms with E-state index in [1.807, 2.05) is 18.2 Å². The summed E-state index contributed by atoms with van der Waals surface area (Å²) < 4.78 is 0.948. The Morgan fingerprint density at radius 1 is 1.53 bits per heavy atom. The third-order valence-corrected chi connectivity index (χ3v) is 3.19. The van der Waals surface area contributed by atoms with Gasteiger partial charge in [0.15, 0.2) is 0 Å². The number of benzene rings is 1. The normalized spacial score (nSPS) is 12.9. The SMILES string of the molecule is CC(C(=O)O)c1c[nH]c2c(Br)cccc12. The van der Waals surface area contributed by atoms with Gasteiger partial charge in [0.1, 0.15) is 0 Å². The van der Waals surface area contributed by atoms with Crippen LogP contribution in [0.2, 0.25) is 0 Å². The van der Waals surface area contributed by atoms with Crippen molar-refractivity contribution in [3.8, 4) is 0 Å². The van der Waals surface area contributed by atoms with Gasteiger partial charge in [-0.15, -0.1) is 0 Å². The Balaban J connectivity index is 2.64. The molecule has 78 valence electrons. The van der Waals surface area contributed by atoms with Gasteiger partial charge in [0.2, 0.25) is 0 Å². The second-order valence-corrected chi connectivity index (χ2v) is 4.32. The Morgan fingerprint density at radius 2 is 2.27 bits per heavy atom. The number of nitrogens with one attached hydrogen (secondary N) is 1. The predicted molar refractivity (Wildman–Crippen MR) is 62.0 cm³/mol. The topological polar surface area (TPSA) is 53.1 Å². The number of carboxylic acids is 1. The number of carbonyl (C=O) groups is 1. The van der Waals surface area contributed by atoms with Crippen molar-refractivity contribution in [2.24, 2.45) is 0 Å². The highest BCUT2D eigenvalue weighted by molar-refractivity contribution is 9.10. The monoisotopic (exact) mass is 267 g/mol. The fourth-order valence-corrected chi connectivity index (χ4v) is 2.11. The molecule has 0 radical (unpaired) electrons. The van der Waals surface area contributed by atoms with Crippen LogP contribution in [0.3, 0.4) is 0 Å². The summed E-state index contributed by atoms with van der Waals surface area (Å²) in [5.74, 6) is -1.30. The smallest absolute Gasteiger partial charge is 0.310 e. The summed E-state index contributed by atoms with van der Waals surface area (Å²) in [5.41, 5.74) is 1.76. The number of hydrogen-bond acceptors (Lipinski definition) is 1. The van der Waals surface area contributed by atoms with Crippen molar-refractivity contribution in [2.75, 3.05) is 0 Å². The summed E-state index contributed by atoms with van der Waals surface area (Å²) in [5, 5.41) is 9.91. The summed E-state index contributed by atoms with van der Waals surface area (Å²) >= 11 is 3.42. The van der Waals surface area contributed by atoms with E-state index in [1.165, 1.54) is 0 Å². The van der Waals surface area contributed by atoms with E-state index >= 15 is 0 Å². The summed E-state index contributed by atoms with van der Waals surface area (Å²) in [6.07, 6.45) is 1.76. The maximum absolute atomic E-state index is 10.9. The highest BCUT2D eigenvalue weighted by Crippen LogP contribution is 2.29. The van der Waals surface area contributed by atoms with Crippen molar-refractivity contribution >= 4 is 32.8 Å². The van der Waals surface area contributed by atoms with E-state index in [-0.39, 0.29) is 0 Å². The molecule has 1 aromatic heterocycles.